The van der Waals surface area contributed by atoms with E-state index in [1.165, 1.54) is 21.0 Å². The van der Waals surface area contributed by atoms with Crippen LogP contribution in [0.2, 0.25) is 0 Å². The van der Waals surface area contributed by atoms with Crippen LogP contribution < -0.4 is 5.73 Å². The molecular formula is C11H17FN2O3. The number of nitrogens with two attached hydrogens (primary N) is 1. The average Bonchev–Trinajstić information content (AvgIpc) is 2.70. The predicted octanol–water partition coefficient (Wildman–Crippen LogP) is 0.351. The molecule has 6 heteroatoms. The third-order valence-electron chi connectivity index (χ3n) is 2.81. The average molecular weight is 244 g/mol. The van der Waals surface area contributed by atoms with Crippen molar-refractivity contribution in [2.75, 3.05) is 13.7 Å². The van der Waals surface area contributed by atoms with Gasteiger partial charge in [0.15, 0.2) is 5.83 Å². The van der Waals surface area contributed by atoms with Crippen molar-refractivity contribution in [3.8, 4) is 0 Å². The van der Waals surface area contributed by atoms with E-state index in [2.05, 4.69) is 0 Å². The number of allylic oxidation sites excluding steroid dienone is 1. The minimum absolute atomic E-state index is 0.184. The zero-order valence-corrected chi connectivity index (χ0v) is 10.2. The van der Waals surface area contributed by atoms with Crippen LogP contribution in [0.25, 0.3) is 0 Å². The molecule has 1 rings (SSSR count). The first-order chi connectivity index (χ1) is 7.88. The van der Waals surface area contributed by atoms with Crippen molar-refractivity contribution in [2.24, 2.45) is 5.73 Å². The van der Waals surface area contributed by atoms with Crippen LogP contribution in [0.1, 0.15) is 20.3 Å². The molecule has 0 unspecified atom stereocenters. The van der Waals surface area contributed by atoms with Gasteiger partial charge < -0.3 is 15.4 Å². The van der Waals surface area contributed by atoms with Crippen LogP contribution in [-0.2, 0) is 14.3 Å². The van der Waals surface area contributed by atoms with Crippen LogP contribution >= 0.6 is 0 Å². The molecule has 1 aliphatic heterocycles. The lowest BCUT2D eigenvalue weighted by molar-refractivity contribution is -0.135. The second kappa shape index (κ2) is 5.27. The van der Waals surface area contributed by atoms with Crippen LogP contribution in [-0.4, -0.2) is 42.5 Å². The molecule has 0 aromatic rings. The number of methoxy groups -OCH3 is 1. The van der Waals surface area contributed by atoms with E-state index in [4.69, 9.17) is 10.5 Å². The molecule has 0 aliphatic carbocycles. The van der Waals surface area contributed by atoms with Crippen molar-refractivity contribution in [1.29, 1.82) is 0 Å². The van der Waals surface area contributed by atoms with E-state index in [9.17, 15) is 14.0 Å². The summed E-state index contributed by atoms with van der Waals surface area (Å²) in [6, 6.07) is -0.794. The zero-order chi connectivity index (χ0) is 13.2. The van der Waals surface area contributed by atoms with Gasteiger partial charge in [0.1, 0.15) is 6.04 Å². The second-order valence-corrected chi connectivity index (χ2v) is 4.28. The van der Waals surface area contributed by atoms with Crippen LogP contribution in [0.4, 0.5) is 4.39 Å². The highest BCUT2D eigenvalue weighted by atomic mass is 19.1. The van der Waals surface area contributed by atoms with E-state index in [0.717, 1.165) is 4.90 Å². The van der Waals surface area contributed by atoms with Gasteiger partial charge in [0.05, 0.1) is 6.10 Å². The second-order valence-electron chi connectivity index (χ2n) is 4.28. The van der Waals surface area contributed by atoms with Crippen molar-refractivity contribution < 1.29 is 18.7 Å². The van der Waals surface area contributed by atoms with Gasteiger partial charge in [-0.25, -0.2) is 4.39 Å². The molecule has 1 aliphatic rings. The lowest BCUT2D eigenvalue weighted by atomic mass is 10.2. The molecule has 1 heterocycles. The zero-order valence-electron chi connectivity index (χ0n) is 10.2. The molecule has 5 nitrogen and oxygen atoms in total. The van der Waals surface area contributed by atoms with Gasteiger partial charge in [-0.05, 0) is 19.4 Å². The number of hydrogen-bond donors (Lipinski definition) is 1. The summed E-state index contributed by atoms with van der Waals surface area (Å²) in [7, 11) is 1.48. The summed E-state index contributed by atoms with van der Waals surface area (Å²) in [6.45, 7) is 3.18. The van der Waals surface area contributed by atoms with E-state index in [1.807, 2.05) is 0 Å². The molecule has 1 saturated heterocycles. The highest BCUT2D eigenvalue weighted by Gasteiger charge is 2.39. The molecule has 1 fully saturated rings. The maximum atomic E-state index is 13.5. The third kappa shape index (κ3) is 2.82. The minimum atomic E-state index is -0.840. The van der Waals surface area contributed by atoms with Gasteiger partial charge >= 0.3 is 0 Å². The molecule has 2 atom stereocenters. The van der Waals surface area contributed by atoms with Gasteiger partial charge in [-0.1, -0.05) is 0 Å². The van der Waals surface area contributed by atoms with E-state index >= 15 is 0 Å². The molecule has 2 N–H and O–H groups in total. The van der Waals surface area contributed by atoms with Gasteiger partial charge in [0, 0.05) is 20.1 Å². The normalized spacial score (nSPS) is 23.6. The summed E-state index contributed by atoms with van der Waals surface area (Å²) in [6.07, 6.45) is 0.0366. The van der Waals surface area contributed by atoms with E-state index < -0.39 is 23.7 Å². The Bertz CT molecular complexity index is 364. The number of primary amides is 1. The Balaban J connectivity index is 2.92. The number of halogens is 1. The summed E-state index contributed by atoms with van der Waals surface area (Å²) in [4.78, 5) is 24.1. The standard InChI is InChI=1S/C11H17FN2O3/c1-6(2)9(12)11(16)14-5-7(17-3)4-8(14)10(13)15/h7-8H,4-5H2,1-3H3,(H2,13,15)/t7-,8-/m0/s1. The van der Waals surface area contributed by atoms with E-state index in [1.54, 1.807) is 0 Å². The fraction of sp³-hybridized carbons (Fsp3) is 0.636. The van der Waals surface area contributed by atoms with Crippen LogP contribution in [0.5, 0.6) is 0 Å². The SMILES string of the molecule is CO[C@H]1C[C@@H](C(N)=O)N(C(=O)C(F)=C(C)C)C1. The molecule has 17 heavy (non-hydrogen) atoms. The highest BCUT2D eigenvalue weighted by molar-refractivity contribution is 5.96. The summed E-state index contributed by atoms with van der Waals surface area (Å²) in [5.74, 6) is -2.28. The van der Waals surface area contributed by atoms with Crippen molar-refractivity contribution >= 4 is 11.8 Å². The molecule has 96 valence electrons. The van der Waals surface area contributed by atoms with Gasteiger partial charge in [-0.2, -0.15) is 0 Å². The molecule has 0 spiro atoms. The fourth-order valence-corrected chi connectivity index (χ4v) is 1.80. The maximum Gasteiger partial charge on any atom is 0.283 e. The summed E-state index contributed by atoms with van der Waals surface area (Å²) >= 11 is 0. The van der Waals surface area contributed by atoms with Crippen LogP contribution in [0.3, 0.4) is 0 Å². The highest BCUT2D eigenvalue weighted by Crippen LogP contribution is 2.23. The van der Waals surface area contributed by atoms with E-state index in [0.29, 0.717) is 6.42 Å². The number of amides is 2. The predicted molar refractivity (Wildman–Crippen MR) is 59.6 cm³/mol. The molecule has 0 aromatic carbocycles. The number of carbonyl (C=O) groups excluding carboxylic acids is 2. The van der Waals surface area contributed by atoms with Crippen molar-refractivity contribution in [3.63, 3.8) is 0 Å². The lowest BCUT2D eigenvalue weighted by Crippen LogP contribution is -2.44. The Morgan fingerprint density at radius 2 is 2.00 bits per heavy atom. The Morgan fingerprint density at radius 3 is 2.41 bits per heavy atom. The van der Waals surface area contributed by atoms with Crippen LogP contribution in [0, 0.1) is 0 Å². The van der Waals surface area contributed by atoms with Gasteiger partial charge in [0.2, 0.25) is 5.91 Å². The number of rotatable bonds is 3. The maximum absolute atomic E-state index is 13.5. The third-order valence-corrected chi connectivity index (χ3v) is 2.81. The number of carbonyl (C=O) groups is 2. The van der Waals surface area contributed by atoms with Crippen molar-refractivity contribution in [3.05, 3.63) is 11.4 Å². The summed E-state index contributed by atoms with van der Waals surface area (Å²) < 4.78 is 18.6. The molecule has 0 aromatic heterocycles. The van der Waals surface area contributed by atoms with Crippen molar-refractivity contribution in [1.82, 2.24) is 4.90 Å². The fourth-order valence-electron chi connectivity index (χ4n) is 1.80. The number of hydrogen-bond acceptors (Lipinski definition) is 3. The van der Waals surface area contributed by atoms with Gasteiger partial charge in [0.25, 0.3) is 5.91 Å². The quantitative estimate of drug-likeness (QED) is 0.728. The molecule has 0 bridgehead atoms. The Morgan fingerprint density at radius 1 is 1.41 bits per heavy atom. The lowest BCUT2D eigenvalue weighted by Gasteiger charge is -2.21. The van der Waals surface area contributed by atoms with Crippen LogP contribution in [0.15, 0.2) is 11.4 Å². The molecule has 0 saturated carbocycles. The minimum Gasteiger partial charge on any atom is -0.380 e. The van der Waals surface area contributed by atoms with Crippen molar-refractivity contribution in [2.45, 2.75) is 32.4 Å². The topological polar surface area (TPSA) is 72.6 Å². The monoisotopic (exact) mass is 244 g/mol. The largest absolute Gasteiger partial charge is 0.380 e. The molecule has 0 radical (unpaired) electrons. The van der Waals surface area contributed by atoms with Gasteiger partial charge in [-0.3, -0.25) is 9.59 Å². The number of nitrogens with zero attached hydrogens (tertiary/aromatic N) is 1. The number of likely N-dealkylation sites (tertiary alicyclic amines) is 1. The molecule has 2 amide bonds. The Labute approximate surface area is 99.4 Å². The first-order valence-electron chi connectivity index (χ1n) is 5.34. The first-order valence-corrected chi connectivity index (χ1v) is 5.34. The summed E-state index contributed by atoms with van der Waals surface area (Å²) in [5.41, 5.74) is 5.47. The Kier molecular flexibility index (Phi) is 4.22. The first kappa shape index (κ1) is 13.6. The van der Waals surface area contributed by atoms with E-state index in [-0.39, 0.29) is 18.2 Å². The summed E-state index contributed by atoms with van der Waals surface area (Å²) in [5, 5.41) is 0. The Hall–Kier alpha value is -1.43. The molecular weight excluding hydrogens is 227 g/mol. The van der Waals surface area contributed by atoms with Gasteiger partial charge in [-0.15, -0.1) is 0 Å². The number of ether oxygens (including phenoxy) is 1. The smallest absolute Gasteiger partial charge is 0.283 e.